The molecule has 0 saturated heterocycles. The number of rotatable bonds is 4. The van der Waals surface area contributed by atoms with E-state index in [0.717, 1.165) is 0 Å². The highest BCUT2D eigenvalue weighted by Gasteiger charge is 2.37. The number of carbonyl (C=O) groups excluding carboxylic acids is 1. The average molecular weight is 428 g/mol. The zero-order chi connectivity index (χ0) is 22.1. The van der Waals surface area contributed by atoms with Gasteiger partial charge in [0.05, 0.1) is 23.5 Å². The monoisotopic (exact) mass is 428 g/mol. The fourth-order valence-corrected chi connectivity index (χ4v) is 3.67. The predicted molar refractivity (Wildman–Crippen MR) is 114 cm³/mol. The second-order valence-corrected chi connectivity index (χ2v) is 7.19. The normalized spacial score (nSPS) is 15.6. The molecule has 0 radical (unpaired) electrons. The summed E-state index contributed by atoms with van der Waals surface area (Å²) in [4.78, 5) is 28.9. The molecule has 0 fully saturated rings. The topological polar surface area (TPSA) is 107 Å². The molecule has 4 aromatic rings. The molecule has 1 unspecified atom stereocenters. The van der Waals surface area contributed by atoms with Gasteiger partial charge >= 0.3 is 0 Å². The lowest BCUT2D eigenvalue weighted by atomic mass is 9.97. The van der Waals surface area contributed by atoms with Crippen molar-refractivity contribution in [3.05, 3.63) is 96.0 Å². The second-order valence-electron chi connectivity index (χ2n) is 7.19. The van der Waals surface area contributed by atoms with Crippen LogP contribution in [0.25, 0.3) is 11.5 Å². The van der Waals surface area contributed by atoms with Crippen molar-refractivity contribution in [2.24, 2.45) is 5.10 Å². The molecule has 1 aliphatic rings. The molecule has 0 spiro atoms. The van der Waals surface area contributed by atoms with Crippen LogP contribution in [-0.2, 0) is 0 Å². The molecule has 1 aliphatic heterocycles. The standard InChI is InChI=1S/C23H17FN6O2/c24-15-6-3-8-20(31)21(15)19-11-17(14-5-4-9-25-12-14)29-30(19)23(32)18-13-27-22(28-18)16-7-1-2-10-26-16/h1-10,12-13,19,31H,11H2,(H,27,28). The van der Waals surface area contributed by atoms with Crippen LogP contribution in [0.3, 0.4) is 0 Å². The molecule has 0 aliphatic carbocycles. The number of aromatic hydroxyl groups is 1. The van der Waals surface area contributed by atoms with Crippen molar-refractivity contribution in [2.75, 3.05) is 0 Å². The summed E-state index contributed by atoms with van der Waals surface area (Å²) in [6, 6.07) is 12.1. The summed E-state index contributed by atoms with van der Waals surface area (Å²) in [6.45, 7) is 0. The van der Waals surface area contributed by atoms with Crippen LogP contribution in [0, 0.1) is 5.82 Å². The van der Waals surface area contributed by atoms with E-state index in [0.29, 0.717) is 22.8 Å². The molecule has 2 N–H and O–H groups in total. The third kappa shape index (κ3) is 3.49. The van der Waals surface area contributed by atoms with E-state index in [-0.39, 0.29) is 23.4 Å². The molecule has 4 heterocycles. The van der Waals surface area contributed by atoms with E-state index in [4.69, 9.17) is 0 Å². The van der Waals surface area contributed by atoms with Gasteiger partial charge in [-0.05, 0) is 30.3 Å². The van der Waals surface area contributed by atoms with Crippen LogP contribution in [0.1, 0.15) is 34.1 Å². The number of amides is 1. The lowest BCUT2D eigenvalue weighted by molar-refractivity contribution is 0.0701. The van der Waals surface area contributed by atoms with Gasteiger partial charge in [-0.25, -0.2) is 14.4 Å². The maximum Gasteiger partial charge on any atom is 0.292 e. The van der Waals surface area contributed by atoms with Crippen LogP contribution in [-0.4, -0.2) is 41.7 Å². The number of H-pyrrole nitrogens is 1. The number of hydrogen-bond acceptors (Lipinski definition) is 6. The number of nitrogens with zero attached hydrogens (tertiary/aromatic N) is 5. The minimum atomic E-state index is -0.833. The Morgan fingerprint density at radius 1 is 1.06 bits per heavy atom. The van der Waals surface area contributed by atoms with Gasteiger partial charge in [-0.15, -0.1) is 0 Å². The summed E-state index contributed by atoms with van der Waals surface area (Å²) < 4.78 is 14.7. The van der Waals surface area contributed by atoms with Crippen molar-refractivity contribution in [1.82, 2.24) is 24.9 Å². The first kappa shape index (κ1) is 19.6. The zero-order valence-electron chi connectivity index (χ0n) is 16.7. The number of carbonyl (C=O) groups is 1. The Bertz CT molecular complexity index is 1290. The largest absolute Gasteiger partial charge is 0.507 e. The average Bonchev–Trinajstić information content (AvgIpc) is 3.48. The van der Waals surface area contributed by atoms with Crippen LogP contribution in [0.4, 0.5) is 4.39 Å². The minimum absolute atomic E-state index is 0.00737. The first-order valence-electron chi connectivity index (χ1n) is 9.87. The zero-order valence-corrected chi connectivity index (χ0v) is 16.7. The highest BCUT2D eigenvalue weighted by Crippen LogP contribution is 2.39. The SMILES string of the molecule is O=C(c1cnc(-c2ccccn2)[nH]1)N1N=C(c2cccnc2)CC1c1c(O)cccc1F. The third-order valence-electron chi connectivity index (χ3n) is 5.19. The summed E-state index contributed by atoms with van der Waals surface area (Å²) in [5.74, 6) is -0.940. The Balaban J connectivity index is 1.54. The third-order valence-corrected chi connectivity index (χ3v) is 5.19. The molecule has 5 rings (SSSR count). The van der Waals surface area contributed by atoms with E-state index in [9.17, 15) is 14.3 Å². The Morgan fingerprint density at radius 2 is 1.97 bits per heavy atom. The lowest BCUT2D eigenvalue weighted by Crippen LogP contribution is -2.28. The highest BCUT2D eigenvalue weighted by atomic mass is 19.1. The maximum atomic E-state index is 14.7. The van der Waals surface area contributed by atoms with E-state index in [1.54, 1.807) is 36.8 Å². The van der Waals surface area contributed by atoms with Gasteiger partial charge in [0.1, 0.15) is 23.0 Å². The van der Waals surface area contributed by atoms with Crippen LogP contribution in [0.5, 0.6) is 5.75 Å². The smallest absolute Gasteiger partial charge is 0.292 e. The molecule has 1 atom stereocenters. The molecule has 9 heteroatoms. The summed E-state index contributed by atoms with van der Waals surface area (Å²) in [6.07, 6.45) is 6.49. The van der Waals surface area contributed by atoms with Gasteiger partial charge in [-0.3, -0.25) is 14.8 Å². The number of aromatic amines is 1. The molecule has 0 saturated carbocycles. The van der Waals surface area contributed by atoms with E-state index in [1.165, 1.54) is 29.4 Å². The number of hydrogen-bond donors (Lipinski definition) is 2. The number of aromatic nitrogens is 4. The van der Waals surface area contributed by atoms with Gasteiger partial charge in [0.25, 0.3) is 5.91 Å². The quantitative estimate of drug-likeness (QED) is 0.515. The predicted octanol–water partition coefficient (Wildman–Crippen LogP) is 3.70. The molecule has 1 aromatic carbocycles. The number of imidazole rings is 1. The number of benzene rings is 1. The van der Waals surface area contributed by atoms with E-state index in [1.807, 2.05) is 12.1 Å². The fourth-order valence-electron chi connectivity index (χ4n) is 3.67. The number of pyridine rings is 2. The number of halogens is 1. The van der Waals surface area contributed by atoms with Crippen molar-refractivity contribution >= 4 is 11.6 Å². The van der Waals surface area contributed by atoms with Gasteiger partial charge in [0.15, 0.2) is 5.82 Å². The summed E-state index contributed by atoms with van der Waals surface area (Å²) in [5, 5.41) is 16.0. The minimum Gasteiger partial charge on any atom is -0.507 e. The van der Waals surface area contributed by atoms with Crippen molar-refractivity contribution in [3.8, 4) is 17.3 Å². The van der Waals surface area contributed by atoms with Crippen LogP contribution in [0.15, 0.2) is 78.4 Å². The lowest BCUT2D eigenvalue weighted by Gasteiger charge is -2.22. The Kier molecular flexibility index (Phi) is 4.91. The van der Waals surface area contributed by atoms with Crippen molar-refractivity contribution in [1.29, 1.82) is 0 Å². The molecule has 32 heavy (non-hydrogen) atoms. The Labute approximate surface area is 182 Å². The molecule has 0 bridgehead atoms. The molecule has 3 aromatic heterocycles. The van der Waals surface area contributed by atoms with E-state index >= 15 is 0 Å². The summed E-state index contributed by atoms with van der Waals surface area (Å²) >= 11 is 0. The molecule has 8 nitrogen and oxygen atoms in total. The summed E-state index contributed by atoms with van der Waals surface area (Å²) in [7, 11) is 0. The van der Waals surface area contributed by atoms with Crippen molar-refractivity contribution in [3.63, 3.8) is 0 Å². The second kappa shape index (κ2) is 8.03. The van der Waals surface area contributed by atoms with Gasteiger partial charge in [0.2, 0.25) is 0 Å². The van der Waals surface area contributed by atoms with Gasteiger partial charge in [-0.1, -0.05) is 18.2 Å². The first-order chi connectivity index (χ1) is 15.6. The Morgan fingerprint density at radius 3 is 2.72 bits per heavy atom. The first-order valence-corrected chi connectivity index (χ1v) is 9.87. The number of nitrogens with one attached hydrogen (secondary N) is 1. The maximum absolute atomic E-state index is 14.7. The fraction of sp³-hybridized carbons (Fsp3) is 0.0870. The number of phenols is 1. The van der Waals surface area contributed by atoms with E-state index < -0.39 is 17.8 Å². The molecular formula is C23H17FN6O2. The van der Waals surface area contributed by atoms with Crippen LogP contribution in [0.2, 0.25) is 0 Å². The van der Waals surface area contributed by atoms with Gasteiger partial charge in [0, 0.05) is 30.6 Å². The van der Waals surface area contributed by atoms with E-state index in [2.05, 4.69) is 25.0 Å². The highest BCUT2D eigenvalue weighted by molar-refractivity contribution is 6.04. The molecular weight excluding hydrogens is 411 g/mol. The van der Waals surface area contributed by atoms with Gasteiger partial charge < -0.3 is 10.1 Å². The van der Waals surface area contributed by atoms with Crippen molar-refractivity contribution < 1.29 is 14.3 Å². The number of hydrazone groups is 1. The van der Waals surface area contributed by atoms with Crippen LogP contribution < -0.4 is 0 Å². The van der Waals surface area contributed by atoms with Crippen molar-refractivity contribution in [2.45, 2.75) is 12.5 Å². The molecule has 158 valence electrons. The molecule has 1 amide bonds. The summed E-state index contributed by atoms with van der Waals surface area (Å²) in [5.41, 5.74) is 2.03. The van der Waals surface area contributed by atoms with Crippen LogP contribution >= 0.6 is 0 Å². The Hall–Kier alpha value is -4.40. The van der Waals surface area contributed by atoms with Gasteiger partial charge in [-0.2, -0.15) is 5.10 Å². The number of phenolic OH excluding ortho intramolecular Hbond substituents is 1.